The zero-order chi connectivity index (χ0) is 12.8. The number of likely N-dealkylation sites (tertiary alicyclic amines) is 1. The van der Waals surface area contributed by atoms with Gasteiger partial charge in [-0.25, -0.2) is 8.78 Å². The minimum Gasteiger partial charge on any atom is -0.342 e. The van der Waals surface area contributed by atoms with Gasteiger partial charge in [0.2, 0.25) is 5.91 Å². The highest BCUT2D eigenvalue weighted by Gasteiger charge is 2.77. The summed E-state index contributed by atoms with van der Waals surface area (Å²) in [6.07, 6.45) is 1.49. The summed E-state index contributed by atoms with van der Waals surface area (Å²) in [4.78, 5) is 14.0. The molecule has 1 saturated carbocycles. The van der Waals surface area contributed by atoms with Crippen molar-refractivity contribution in [3.63, 3.8) is 0 Å². The summed E-state index contributed by atoms with van der Waals surface area (Å²) in [7, 11) is 0. The molecule has 1 atom stereocenters. The van der Waals surface area contributed by atoms with Crippen molar-refractivity contribution < 1.29 is 13.6 Å². The Morgan fingerprint density at radius 3 is 2.17 bits per heavy atom. The number of amides is 1. The van der Waals surface area contributed by atoms with Gasteiger partial charge < -0.3 is 4.90 Å². The lowest BCUT2D eigenvalue weighted by atomic mass is 9.93. The van der Waals surface area contributed by atoms with Crippen molar-refractivity contribution in [3.05, 3.63) is 35.9 Å². The third kappa shape index (κ3) is 1.48. The lowest BCUT2D eigenvalue weighted by Gasteiger charge is -2.23. The number of hydrogen-bond donors (Lipinski definition) is 0. The molecule has 18 heavy (non-hydrogen) atoms. The van der Waals surface area contributed by atoms with E-state index in [4.69, 9.17) is 0 Å². The highest BCUT2D eigenvalue weighted by molar-refractivity contribution is 5.93. The van der Waals surface area contributed by atoms with E-state index in [0.717, 1.165) is 12.8 Å². The summed E-state index contributed by atoms with van der Waals surface area (Å²) in [6, 6.07) is 8.47. The topological polar surface area (TPSA) is 20.3 Å². The van der Waals surface area contributed by atoms with Crippen LogP contribution in [0.4, 0.5) is 8.78 Å². The quantitative estimate of drug-likeness (QED) is 0.791. The van der Waals surface area contributed by atoms with Gasteiger partial charge in [-0.3, -0.25) is 4.79 Å². The molecule has 2 fully saturated rings. The number of nitrogens with zero attached hydrogens (tertiary/aromatic N) is 1. The fourth-order valence-electron chi connectivity index (χ4n) is 2.87. The van der Waals surface area contributed by atoms with Gasteiger partial charge in [-0.2, -0.15) is 0 Å². The highest BCUT2D eigenvalue weighted by Crippen LogP contribution is 2.62. The van der Waals surface area contributed by atoms with E-state index in [9.17, 15) is 13.6 Å². The van der Waals surface area contributed by atoms with E-state index in [1.807, 2.05) is 0 Å². The molecular formula is C14H15F2NO. The number of halogens is 2. The Morgan fingerprint density at radius 2 is 1.67 bits per heavy atom. The monoisotopic (exact) mass is 251 g/mol. The third-order valence-corrected chi connectivity index (χ3v) is 4.01. The first-order chi connectivity index (χ1) is 8.58. The van der Waals surface area contributed by atoms with E-state index in [-0.39, 0.29) is 6.42 Å². The van der Waals surface area contributed by atoms with Gasteiger partial charge in [-0.15, -0.1) is 0 Å². The minimum atomic E-state index is -2.89. The molecule has 1 saturated heterocycles. The van der Waals surface area contributed by atoms with E-state index in [2.05, 4.69) is 0 Å². The Labute approximate surface area is 105 Å². The Bertz CT molecular complexity index is 468. The predicted molar refractivity (Wildman–Crippen MR) is 63.5 cm³/mol. The van der Waals surface area contributed by atoms with Gasteiger partial charge in [-0.1, -0.05) is 30.3 Å². The Balaban J connectivity index is 1.96. The molecule has 0 spiro atoms. The third-order valence-electron chi connectivity index (χ3n) is 4.01. The summed E-state index contributed by atoms with van der Waals surface area (Å²) < 4.78 is 27.6. The van der Waals surface area contributed by atoms with Crippen molar-refractivity contribution >= 4 is 5.91 Å². The van der Waals surface area contributed by atoms with E-state index in [1.165, 1.54) is 0 Å². The van der Waals surface area contributed by atoms with Crippen molar-refractivity contribution in [2.75, 3.05) is 13.1 Å². The standard InChI is InChI=1S/C14H15F2NO/c15-14(16)10-13(14,11-6-2-1-3-7-11)12(18)17-8-4-5-9-17/h1-3,6-7H,4-5,8-10H2. The van der Waals surface area contributed by atoms with Crippen molar-refractivity contribution in [3.8, 4) is 0 Å². The second kappa shape index (κ2) is 3.77. The zero-order valence-electron chi connectivity index (χ0n) is 10.0. The molecular weight excluding hydrogens is 236 g/mol. The Kier molecular flexibility index (Phi) is 2.44. The number of benzene rings is 1. The largest absolute Gasteiger partial charge is 0.342 e. The number of rotatable bonds is 2. The molecule has 0 aromatic heterocycles. The molecule has 1 heterocycles. The second-order valence-corrected chi connectivity index (χ2v) is 5.15. The summed E-state index contributed by atoms with van der Waals surface area (Å²) in [5.41, 5.74) is -1.13. The number of carbonyl (C=O) groups is 1. The summed E-state index contributed by atoms with van der Waals surface area (Å²) in [6.45, 7) is 1.23. The van der Waals surface area contributed by atoms with Gasteiger partial charge in [0.1, 0.15) is 5.41 Å². The first-order valence-electron chi connectivity index (χ1n) is 6.31. The molecule has 1 aliphatic carbocycles. The molecule has 0 radical (unpaired) electrons. The van der Waals surface area contributed by atoms with Crippen molar-refractivity contribution in [2.45, 2.75) is 30.6 Å². The average Bonchev–Trinajstić information content (AvgIpc) is 2.79. The number of alkyl halides is 2. The van der Waals surface area contributed by atoms with E-state index in [0.29, 0.717) is 18.7 Å². The predicted octanol–water partition coefficient (Wildman–Crippen LogP) is 2.59. The molecule has 1 aromatic carbocycles. The maximum atomic E-state index is 13.8. The first kappa shape index (κ1) is 11.6. The van der Waals surface area contributed by atoms with Crippen LogP contribution in [0.15, 0.2) is 30.3 Å². The van der Waals surface area contributed by atoms with Crippen molar-refractivity contribution in [1.82, 2.24) is 4.90 Å². The molecule has 0 bridgehead atoms. The van der Waals surface area contributed by atoms with Crippen LogP contribution in [0.1, 0.15) is 24.8 Å². The fraction of sp³-hybridized carbons (Fsp3) is 0.500. The summed E-state index contributed by atoms with van der Waals surface area (Å²) in [5.74, 6) is -3.29. The van der Waals surface area contributed by atoms with Crippen molar-refractivity contribution in [2.24, 2.45) is 0 Å². The SMILES string of the molecule is O=C(N1CCCC1)C1(c2ccccc2)CC1(F)F. The zero-order valence-corrected chi connectivity index (χ0v) is 10.0. The molecule has 2 nitrogen and oxygen atoms in total. The minimum absolute atomic E-state index is 0.348. The number of hydrogen-bond acceptors (Lipinski definition) is 1. The van der Waals surface area contributed by atoms with Gasteiger partial charge in [-0.05, 0) is 18.4 Å². The van der Waals surface area contributed by atoms with Gasteiger partial charge in [0, 0.05) is 19.5 Å². The van der Waals surface area contributed by atoms with E-state index in [1.54, 1.807) is 35.2 Å². The lowest BCUT2D eigenvalue weighted by Crippen LogP contribution is -2.40. The number of carbonyl (C=O) groups excluding carboxylic acids is 1. The molecule has 0 N–H and O–H groups in total. The van der Waals surface area contributed by atoms with Crippen LogP contribution in [0, 0.1) is 0 Å². The van der Waals surface area contributed by atoms with Crippen LogP contribution in [0.25, 0.3) is 0 Å². The molecule has 96 valence electrons. The van der Waals surface area contributed by atoms with Crippen molar-refractivity contribution in [1.29, 1.82) is 0 Å². The average molecular weight is 251 g/mol. The van der Waals surface area contributed by atoms with Gasteiger partial charge in [0.25, 0.3) is 5.92 Å². The molecule has 1 aliphatic heterocycles. The van der Waals surface area contributed by atoms with Crippen LogP contribution in [-0.2, 0) is 10.2 Å². The molecule has 2 aliphatic rings. The van der Waals surface area contributed by atoms with Crippen LogP contribution in [-0.4, -0.2) is 29.8 Å². The Morgan fingerprint density at radius 1 is 1.11 bits per heavy atom. The fourth-order valence-corrected chi connectivity index (χ4v) is 2.87. The van der Waals surface area contributed by atoms with E-state index < -0.39 is 17.2 Å². The van der Waals surface area contributed by atoms with Crippen LogP contribution in [0.5, 0.6) is 0 Å². The summed E-state index contributed by atoms with van der Waals surface area (Å²) in [5, 5.41) is 0. The van der Waals surface area contributed by atoms with Crippen LogP contribution in [0.3, 0.4) is 0 Å². The molecule has 4 heteroatoms. The Hall–Kier alpha value is -1.45. The lowest BCUT2D eigenvalue weighted by molar-refractivity contribution is -0.135. The molecule has 1 unspecified atom stereocenters. The normalized spacial score (nSPS) is 29.3. The molecule has 3 rings (SSSR count). The van der Waals surface area contributed by atoms with Gasteiger partial charge >= 0.3 is 0 Å². The smallest absolute Gasteiger partial charge is 0.268 e. The van der Waals surface area contributed by atoms with Crippen LogP contribution in [0.2, 0.25) is 0 Å². The molecule has 1 amide bonds. The van der Waals surface area contributed by atoms with Crippen LogP contribution < -0.4 is 0 Å². The first-order valence-corrected chi connectivity index (χ1v) is 6.31. The maximum absolute atomic E-state index is 13.8. The van der Waals surface area contributed by atoms with Gasteiger partial charge in [0.05, 0.1) is 0 Å². The highest BCUT2D eigenvalue weighted by atomic mass is 19.3. The summed E-state index contributed by atoms with van der Waals surface area (Å²) >= 11 is 0. The molecule has 1 aromatic rings. The van der Waals surface area contributed by atoms with E-state index >= 15 is 0 Å². The van der Waals surface area contributed by atoms with Gasteiger partial charge in [0.15, 0.2) is 0 Å². The van der Waals surface area contributed by atoms with Crippen LogP contribution >= 0.6 is 0 Å². The second-order valence-electron chi connectivity index (χ2n) is 5.15. The maximum Gasteiger partial charge on any atom is 0.268 e.